The van der Waals surface area contributed by atoms with Crippen LogP contribution in [0.1, 0.15) is 6.92 Å². The molecule has 1 aromatic heterocycles. The number of carbonyl (C=O) groups is 2. The van der Waals surface area contributed by atoms with E-state index in [-0.39, 0.29) is 19.0 Å². The highest BCUT2D eigenvalue weighted by Crippen LogP contribution is 2.31. The molecular formula is C20H22FN5O3. The van der Waals surface area contributed by atoms with E-state index >= 15 is 0 Å². The highest BCUT2D eigenvalue weighted by molar-refractivity contribution is 5.90. The van der Waals surface area contributed by atoms with Crippen LogP contribution in [0.4, 0.5) is 26.4 Å². The largest absolute Gasteiger partial charge is 0.442 e. The van der Waals surface area contributed by atoms with Crippen LogP contribution >= 0.6 is 0 Å². The number of rotatable bonds is 7. The second kappa shape index (κ2) is 8.59. The molecule has 1 fully saturated rings. The van der Waals surface area contributed by atoms with Gasteiger partial charge in [0.1, 0.15) is 11.9 Å². The van der Waals surface area contributed by atoms with Gasteiger partial charge in [0.2, 0.25) is 5.91 Å². The van der Waals surface area contributed by atoms with Crippen molar-refractivity contribution in [3.05, 3.63) is 49.1 Å². The maximum atomic E-state index is 14.8. The molecule has 3 rings (SSSR count). The van der Waals surface area contributed by atoms with Crippen molar-refractivity contribution in [2.45, 2.75) is 13.0 Å². The third kappa shape index (κ3) is 4.45. The predicted molar refractivity (Wildman–Crippen MR) is 109 cm³/mol. The van der Waals surface area contributed by atoms with E-state index in [2.05, 4.69) is 27.5 Å². The lowest BCUT2D eigenvalue weighted by atomic mass is 10.1. The van der Waals surface area contributed by atoms with Crippen molar-refractivity contribution < 1.29 is 18.7 Å². The normalized spacial score (nSPS) is 15.6. The molecule has 1 aliphatic heterocycles. The van der Waals surface area contributed by atoms with Gasteiger partial charge in [-0.05, 0) is 30.5 Å². The van der Waals surface area contributed by atoms with Crippen molar-refractivity contribution in [2.24, 2.45) is 0 Å². The SMILES string of the molecule is C=CNc1ncc(-c2ccc(N3CC(CNC(C)=O)OC3=O)cc2F)cc1NC. The molecule has 8 nitrogen and oxygen atoms in total. The Morgan fingerprint density at radius 1 is 1.45 bits per heavy atom. The fourth-order valence-electron chi connectivity index (χ4n) is 3.02. The molecular weight excluding hydrogens is 377 g/mol. The molecule has 29 heavy (non-hydrogen) atoms. The lowest BCUT2D eigenvalue weighted by Gasteiger charge is -2.15. The molecule has 1 unspecified atom stereocenters. The maximum absolute atomic E-state index is 14.8. The van der Waals surface area contributed by atoms with Gasteiger partial charge in [0, 0.05) is 31.3 Å². The van der Waals surface area contributed by atoms with Gasteiger partial charge in [0.15, 0.2) is 5.82 Å². The van der Waals surface area contributed by atoms with Gasteiger partial charge in [-0.1, -0.05) is 6.58 Å². The first-order valence-electron chi connectivity index (χ1n) is 9.00. The van der Waals surface area contributed by atoms with E-state index < -0.39 is 18.0 Å². The fourth-order valence-corrected chi connectivity index (χ4v) is 3.02. The Balaban J connectivity index is 1.81. The molecule has 2 heterocycles. The van der Waals surface area contributed by atoms with Gasteiger partial charge in [0.25, 0.3) is 0 Å². The Hall–Kier alpha value is -3.62. The molecule has 0 spiro atoms. The van der Waals surface area contributed by atoms with Crippen LogP contribution in [0.15, 0.2) is 43.2 Å². The molecule has 0 radical (unpaired) electrons. The van der Waals surface area contributed by atoms with Crippen LogP contribution in [-0.2, 0) is 9.53 Å². The lowest BCUT2D eigenvalue weighted by Crippen LogP contribution is -2.33. The van der Waals surface area contributed by atoms with E-state index in [0.29, 0.717) is 28.3 Å². The van der Waals surface area contributed by atoms with Crippen LogP contribution in [0.2, 0.25) is 0 Å². The van der Waals surface area contributed by atoms with Crippen LogP contribution in [0.3, 0.4) is 0 Å². The summed E-state index contributed by atoms with van der Waals surface area (Å²) in [5, 5.41) is 8.51. The van der Waals surface area contributed by atoms with E-state index in [4.69, 9.17) is 4.74 Å². The van der Waals surface area contributed by atoms with Gasteiger partial charge in [-0.2, -0.15) is 0 Å². The molecule has 2 aromatic rings. The second-order valence-corrected chi connectivity index (χ2v) is 6.44. The van der Waals surface area contributed by atoms with Crippen molar-refractivity contribution in [3.8, 4) is 11.1 Å². The van der Waals surface area contributed by atoms with Crippen LogP contribution in [0.25, 0.3) is 11.1 Å². The number of pyridine rings is 1. The van der Waals surface area contributed by atoms with Crippen LogP contribution in [-0.4, -0.2) is 43.2 Å². The number of ether oxygens (including phenoxy) is 1. The van der Waals surface area contributed by atoms with Crippen LogP contribution in [0.5, 0.6) is 0 Å². The number of nitrogens with zero attached hydrogens (tertiary/aromatic N) is 2. The first-order chi connectivity index (χ1) is 13.9. The number of nitrogens with one attached hydrogen (secondary N) is 3. The monoisotopic (exact) mass is 399 g/mol. The number of amides is 2. The minimum Gasteiger partial charge on any atom is -0.442 e. The number of benzene rings is 1. The van der Waals surface area contributed by atoms with Gasteiger partial charge < -0.3 is 20.7 Å². The number of cyclic esters (lactones) is 1. The van der Waals surface area contributed by atoms with Crippen molar-refractivity contribution >= 4 is 29.2 Å². The Morgan fingerprint density at radius 2 is 2.24 bits per heavy atom. The van der Waals surface area contributed by atoms with E-state index in [9.17, 15) is 14.0 Å². The first-order valence-corrected chi connectivity index (χ1v) is 9.00. The smallest absolute Gasteiger partial charge is 0.414 e. The number of aromatic nitrogens is 1. The average molecular weight is 399 g/mol. The summed E-state index contributed by atoms with van der Waals surface area (Å²) in [6.07, 6.45) is 2.00. The molecule has 0 aliphatic carbocycles. The zero-order valence-corrected chi connectivity index (χ0v) is 16.2. The molecule has 2 amide bonds. The number of anilines is 3. The molecule has 0 bridgehead atoms. The summed E-state index contributed by atoms with van der Waals surface area (Å²) < 4.78 is 20.1. The Morgan fingerprint density at radius 3 is 2.90 bits per heavy atom. The lowest BCUT2D eigenvalue weighted by molar-refractivity contribution is -0.119. The number of carbonyl (C=O) groups excluding carboxylic acids is 2. The third-order valence-corrected chi connectivity index (χ3v) is 4.42. The highest BCUT2D eigenvalue weighted by Gasteiger charge is 2.32. The zero-order chi connectivity index (χ0) is 21.0. The summed E-state index contributed by atoms with van der Waals surface area (Å²) in [6.45, 7) is 5.43. The number of halogens is 1. The molecule has 3 N–H and O–H groups in total. The zero-order valence-electron chi connectivity index (χ0n) is 16.2. The summed E-state index contributed by atoms with van der Waals surface area (Å²) in [4.78, 5) is 28.8. The van der Waals surface area contributed by atoms with E-state index in [1.807, 2.05) is 0 Å². The highest BCUT2D eigenvalue weighted by atomic mass is 19.1. The Bertz CT molecular complexity index is 950. The van der Waals surface area contributed by atoms with E-state index in [0.717, 1.165) is 0 Å². The van der Waals surface area contributed by atoms with Crippen LogP contribution in [0, 0.1) is 5.82 Å². The summed E-state index contributed by atoms with van der Waals surface area (Å²) in [5.41, 5.74) is 2.01. The Kier molecular flexibility index (Phi) is 5.96. The van der Waals surface area contributed by atoms with Gasteiger partial charge in [0.05, 0.1) is 24.5 Å². The van der Waals surface area contributed by atoms with Crippen molar-refractivity contribution in [3.63, 3.8) is 0 Å². The quantitative estimate of drug-likeness (QED) is 0.663. The van der Waals surface area contributed by atoms with Crippen LogP contribution < -0.4 is 20.9 Å². The summed E-state index contributed by atoms with van der Waals surface area (Å²) >= 11 is 0. The van der Waals surface area contributed by atoms with Gasteiger partial charge in [-0.3, -0.25) is 9.69 Å². The molecule has 152 valence electrons. The summed E-state index contributed by atoms with van der Waals surface area (Å²) in [7, 11) is 1.74. The number of hydrogen-bond donors (Lipinski definition) is 3. The summed E-state index contributed by atoms with van der Waals surface area (Å²) in [5.74, 6) is -0.124. The van der Waals surface area contributed by atoms with Gasteiger partial charge in [-0.25, -0.2) is 14.2 Å². The molecule has 9 heteroatoms. The molecule has 1 atom stereocenters. The van der Waals surface area contributed by atoms with Gasteiger partial charge in [-0.15, -0.1) is 0 Å². The minimum atomic E-state index is -0.577. The van der Waals surface area contributed by atoms with Gasteiger partial charge >= 0.3 is 6.09 Å². The first kappa shape index (κ1) is 20.1. The fraction of sp³-hybridized carbons (Fsp3) is 0.250. The molecule has 1 aliphatic rings. The number of hydrogen-bond acceptors (Lipinski definition) is 6. The third-order valence-electron chi connectivity index (χ3n) is 4.42. The van der Waals surface area contributed by atoms with E-state index in [1.54, 1.807) is 31.4 Å². The van der Waals surface area contributed by atoms with Crippen molar-refractivity contribution in [2.75, 3.05) is 35.7 Å². The standard InChI is InChI=1S/C20H22FN5O3/c1-4-23-19-18(22-3)7-13(9-25-19)16-6-5-14(8-17(16)21)26-11-15(29-20(26)28)10-24-12(2)27/h4-9,15,22H,1,10-11H2,2-3H3,(H,23,25)(H,24,27). The second-order valence-electron chi connectivity index (χ2n) is 6.44. The van der Waals surface area contributed by atoms with Crippen molar-refractivity contribution in [1.82, 2.24) is 10.3 Å². The molecule has 1 aromatic carbocycles. The van der Waals surface area contributed by atoms with Crippen molar-refractivity contribution in [1.29, 1.82) is 0 Å². The topological polar surface area (TPSA) is 95.6 Å². The molecule has 1 saturated heterocycles. The Labute approximate surface area is 167 Å². The predicted octanol–water partition coefficient (Wildman–Crippen LogP) is 2.95. The maximum Gasteiger partial charge on any atom is 0.414 e. The minimum absolute atomic E-state index is 0.209. The van der Waals surface area contributed by atoms with E-state index in [1.165, 1.54) is 24.1 Å². The summed E-state index contributed by atoms with van der Waals surface area (Å²) in [6, 6.07) is 6.29. The average Bonchev–Trinajstić information content (AvgIpc) is 3.07. The molecule has 0 saturated carbocycles.